The van der Waals surface area contributed by atoms with E-state index in [1.165, 1.54) is 0 Å². The summed E-state index contributed by atoms with van der Waals surface area (Å²) in [6.45, 7) is 2.83. The van der Waals surface area contributed by atoms with Gasteiger partial charge in [0, 0.05) is 6.54 Å². The summed E-state index contributed by atoms with van der Waals surface area (Å²) in [4.78, 5) is 16.0. The van der Waals surface area contributed by atoms with Crippen molar-refractivity contribution in [1.82, 2.24) is 14.9 Å². The lowest BCUT2D eigenvalue weighted by Crippen LogP contribution is -2.28. The normalized spacial score (nSPS) is 10.6. The molecule has 102 valence electrons. The fourth-order valence-corrected chi connectivity index (χ4v) is 1.93. The van der Waals surface area contributed by atoms with Crippen LogP contribution in [0.4, 0.5) is 5.95 Å². The van der Waals surface area contributed by atoms with Gasteiger partial charge in [0.25, 0.3) is 0 Å². The van der Waals surface area contributed by atoms with Crippen LogP contribution in [0.1, 0.15) is 13.3 Å². The third kappa shape index (κ3) is 2.62. The van der Waals surface area contributed by atoms with E-state index in [1.807, 2.05) is 25.1 Å². The van der Waals surface area contributed by atoms with Crippen molar-refractivity contribution in [2.45, 2.75) is 19.9 Å². The van der Waals surface area contributed by atoms with Gasteiger partial charge >= 0.3 is 0 Å². The highest BCUT2D eigenvalue weighted by atomic mass is 16.5. The van der Waals surface area contributed by atoms with E-state index in [1.54, 1.807) is 11.7 Å². The highest BCUT2D eigenvalue weighted by Crippen LogP contribution is 2.26. The summed E-state index contributed by atoms with van der Waals surface area (Å²) in [6.07, 6.45) is 0.903. The topological polar surface area (TPSA) is 82.2 Å². The molecule has 19 heavy (non-hydrogen) atoms. The number of hydrogen-bond donors (Lipinski definition) is 2. The molecule has 1 amide bonds. The lowest BCUT2D eigenvalue weighted by molar-refractivity contribution is -0.121. The number of carbonyl (C=O) groups excluding carboxylic acids is 1. The van der Waals surface area contributed by atoms with E-state index in [4.69, 9.17) is 10.5 Å². The van der Waals surface area contributed by atoms with Gasteiger partial charge in [0.1, 0.15) is 17.8 Å². The third-order valence-corrected chi connectivity index (χ3v) is 2.87. The second kappa shape index (κ2) is 5.60. The number of aromatic nitrogens is 2. The van der Waals surface area contributed by atoms with E-state index in [0.717, 1.165) is 11.9 Å². The minimum absolute atomic E-state index is 0.0735. The number of nitrogens with zero attached hydrogens (tertiary/aromatic N) is 2. The quantitative estimate of drug-likeness (QED) is 0.847. The van der Waals surface area contributed by atoms with Gasteiger partial charge in [-0.25, -0.2) is 4.98 Å². The van der Waals surface area contributed by atoms with E-state index < -0.39 is 0 Å². The van der Waals surface area contributed by atoms with Crippen LogP contribution in [-0.2, 0) is 11.3 Å². The van der Waals surface area contributed by atoms with Gasteiger partial charge in [0.2, 0.25) is 11.9 Å². The Morgan fingerprint density at radius 1 is 1.53 bits per heavy atom. The SMILES string of the molecule is CCCNC(=O)Cn1c(N)nc2c(OC)cccc21. The molecule has 1 aromatic carbocycles. The molecule has 0 radical (unpaired) electrons. The number of fused-ring (bicyclic) bond motifs is 1. The Balaban J connectivity index is 2.33. The minimum atomic E-state index is -0.0735. The monoisotopic (exact) mass is 262 g/mol. The van der Waals surface area contributed by atoms with Crippen molar-refractivity contribution < 1.29 is 9.53 Å². The highest BCUT2D eigenvalue weighted by molar-refractivity contribution is 5.86. The molecule has 3 N–H and O–H groups in total. The molecular weight excluding hydrogens is 244 g/mol. The lowest BCUT2D eigenvalue weighted by atomic mass is 10.3. The van der Waals surface area contributed by atoms with Crippen LogP contribution in [0.15, 0.2) is 18.2 Å². The summed E-state index contributed by atoms with van der Waals surface area (Å²) in [5.41, 5.74) is 7.34. The number of carbonyl (C=O) groups is 1. The zero-order valence-corrected chi connectivity index (χ0v) is 11.1. The van der Waals surface area contributed by atoms with Gasteiger partial charge in [-0.2, -0.15) is 0 Å². The second-order valence-electron chi connectivity index (χ2n) is 4.23. The van der Waals surface area contributed by atoms with Crippen molar-refractivity contribution in [2.24, 2.45) is 0 Å². The van der Waals surface area contributed by atoms with Gasteiger partial charge in [-0.1, -0.05) is 13.0 Å². The maximum absolute atomic E-state index is 11.8. The molecule has 2 rings (SSSR count). The second-order valence-corrected chi connectivity index (χ2v) is 4.23. The summed E-state index contributed by atoms with van der Waals surface area (Å²) in [6, 6.07) is 5.54. The summed E-state index contributed by atoms with van der Waals surface area (Å²) in [5, 5.41) is 2.82. The maximum Gasteiger partial charge on any atom is 0.240 e. The van der Waals surface area contributed by atoms with Crippen LogP contribution in [0.25, 0.3) is 11.0 Å². The first-order valence-corrected chi connectivity index (χ1v) is 6.22. The fourth-order valence-electron chi connectivity index (χ4n) is 1.93. The van der Waals surface area contributed by atoms with Crippen molar-refractivity contribution in [1.29, 1.82) is 0 Å². The van der Waals surface area contributed by atoms with Crippen LogP contribution in [0.2, 0.25) is 0 Å². The first-order valence-electron chi connectivity index (χ1n) is 6.22. The molecule has 2 aromatic rings. The average molecular weight is 262 g/mol. The Bertz CT molecular complexity index is 592. The number of benzene rings is 1. The molecule has 1 aromatic heterocycles. The Kier molecular flexibility index (Phi) is 3.89. The predicted molar refractivity (Wildman–Crippen MR) is 74.0 cm³/mol. The number of nitrogen functional groups attached to an aromatic ring is 1. The number of rotatable bonds is 5. The van der Waals surface area contributed by atoms with Crippen molar-refractivity contribution in [3.63, 3.8) is 0 Å². The molecular formula is C13H18N4O2. The van der Waals surface area contributed by atoms with Crippen LogP contribution >= 0.6 is 0 Å². The number of ether oxygens (including phenoxy) is 1. The Labute approximate surface area is 111 Å². The molecule has 0 saturated heterocycles. The molecule has 6 heteroatoms. The van der Waals surface area contributed by atoms with Crippen LogP contribution < -0.4 is 15.8 Å². The molecule has 0 unspecified atom stereocenters. The maximum atomic E-state index is 11.8. The van der Waals surface area contributed by atoms with E-state index >= 15 is 0 Å². The summed E-state index contributed by atoms with van der Waals surface area (Å²) >= 11 is 0. The first-order chi connectivity index (χ1) is 9.17. The number of imidazole rings is 1. The van der Waals surface area contributed by atoms with Gasteiger partial charge in [0.15, 0.2) is 0 Å². The summed E-state index contributed by atoms with van der Waals surface area (Å²) < 4.78 is 6.92. The van der Waals surface area contributed by atoms with Crippen LogP contribution in [0.5, 0.6) is 5.75 Å². The number of para-hydroxylation sites is 1. The minimum Gasteiger partial charge on any atom is -0.494 e. The number of amides is 1. The summed E-state index contributed by atoms with van der Waals surface area (Å²) in [5.74, 6) is 0.888. The van der Waals surface area contributed by atoms with Crippen LogP contribution in [-0.4, -0.2) is 29.1 Å². The number of methoxy groups -OCH3 is 1. The molecule has 0 fully saturated rings. The van der Waals surface area contributed by atoms with Gasteiger partial charge < -0.3 is 20.4 Å². The van der Waals surface area contributed by atoms with Crippen molar-refractivity contribution in [3.05, 3.63) is 18.2 Å². The molecule has 0 bridgehead atoms. The molecule has 6 nitrogen and oxygen atoms in total. The number of hydrogen-bond acceptors (Lipinski definition) is 4. The van der Waals surface area contributed by atoms with Crippen molar-refractivity contribution in [3.8, 4) is 5.75 Å². The molecule has 0 aliphatic rings. The highest BCUT2D eigenvalue weighted by Gasteiger charge is 2.14. The lowest BCUT2D eigenvalue weighted by Gasteiger charge is -2.07. The molecule has 0 saturated carbocycles. The smallest absolute Gasteiger partial charge is 0.240 e. The largest absolute Gasteiger partial charge is 0.494 e. The van der Waals surface area contributed by atoms with Crippen LogP contribution in [0, 0.1) is 0 Å². The molecule has 1 heterocycles. The third-order valence-electron chi connectivity index (χ3n) is 2.87. The van der Waals surface area contributed by atoms with E-state index in [-0.39, 0.29) is 12.5 Å². The number of anilines is 1. The standard InChI is InChI=1S/C13H18N4O2/c1-3-7-15-11(18)8-17-9-5-4-6-10(19-2)12(9)16-13(17)14/h4-6H,3,7-8H2,1-2H3,(H2,14,16)(H,15,18). The molecule has 0 spiro atoms. The van der Waals surface area contributed by atoms with Crippen molar-refractivity contribution >= 4 is 22.9 Å². The van der Waals surface area contributed by atoms with E-state index in [0.29, 0.717) is 23.8 Å². The van der Waals surface area contributed by atoms with Gasteiger partial charge in [-0.05, 0) is 18.6 Å². The van der Waals surface area contributed by atoms with Gasteiger partial charge in [0.05, 0.1) is 12.6 Å². The van der Waals surface area contributed by atoms with Gasteiger partial charge in [-0.3, -0.25) is 4.79 Å². The van der Waals surface area contributed by atoms with Crippen molar-refractivity contribution in [2.75, 3.05) is 19.4 Å². The Hall–Kier alpha value is -2.24. The van der Waals surface area contributed by atoms with E-state index in [2.05, 4.69) is 10.3 Å². The fraction of sp³-hybridized carbons (Fsp3) is 0.385. The summed E-state index contributed by atoms with van der Waals surface area (Å²) in [7, 11) is 1.58. The number of nitrogens with one attached hydrogen (secondary N) is 1. The average Bonchev–Trinajstić information content (AvgIpc) is 2.73. The number of nitrogens with two attached hydrogens (primary N) is 1. The Morgan fingerprint density at radius 2 is 2.32 bits per heavy atom. The zero-order chi connectivity index (χ0) is 13.8. The molecule has 0 aliphatic heterocycles. The van der Waals surface area contributed by atoms with E-state index in [9.17, 15) is 4.79 Å². The first kappa shape index (κ1) is 13.2. The molecule has 0 atom stereocenters. The predicted octanol–water partition coefficient (Wildman–Crippen LogP) is 1.15. The van der Waals surface area contributed by atoms with Crippen LogP contribution in [0.3, 0.4) is 0 Å². The Morgan fingerprint density at radius 3 is 3.00 bits per heavy atom. The van der Waals surface area contributed by atoms with Gasteiger partial charge in [-0.15, -0.1) is 0 Å². The molecule has 0 aliphatic carbocycles. The zero-order valence-electron chi connectivity index (χ0n) is 11.1.